The number of amides is 1. The van der Waals surface area contributed by atoms with E-state index in [1.54, 1.807) is 6.20 Å². The number of hydrogen-bond donors (Lipinski definition) is 1. The van der Waals surface area contributed by atoms with Gasteiger partial charge in [-0.2, -0.15) is 0 Å². The molecule has 0 spiro atoms. The first-order valence-electron chi connectivity index (χ1n) is 13.0. The Morgan fingerprint density at radius 2 is 1.53 bits per heavy atom. The summed E-state index contributed by atoms with van der Waals surface area (Å²) in [6, 6.07) is 19.9. The van der Waals surface area contributed by atoms with Gasteiger partial charge in [-0.3, -0.25) is 14.8 Å². The Morgan fingerprint density at radius 3 is 2.18 bits per heavy atom. The molecule has 1 aromatic carbocycles. The van der Waals surface area contributed by atoms with Gasteiger partial charge >= 0.3 is 0 Å². The minimum Gasteiger partial charge on any atom is -0.365 e. The van der Waals surface area contributed by atoms with Crippen molar-refractivity contribution >= 4 is 11.7 Å². The van der Waals surface area contributed by atoms with Gasteiger partial charge in [0, 0.05) is 67.0 Å². The maximum atomic E-state index is 13.0. The summed E-state index contributed by atoms with van der Waals surface area (Å²) in [5.41, 5.74) is 6.18. The minimum absolute atomic E-state index is 0.0919. The summed E-state index contributed by atoms with van der Waals surface area (Å²) in [5.74, 6) is 0.877. The molecule has 0 saturated carbocycles. The predicted molar refractivity (Wildman–Crippen MR) is 153 cm³/mol. The van der Waals surface area contributed by atoms with Crippen molar-refractivity contribution in [3.8, 4) is 33.6 Å². The maximum Gasteiger partial charge on any atom is 0.253 e. The van der Waals surface area contributed by atoms with Gasteiger partial charge in [0.15, 0.2) is 0 Å². The molecule has 0 radical (unpaired) electrons. The summed E-state index contributed by atoms with van der Waals surface area (Å²) >= 11 is 0. The van der Waals surface area contributed by atoms with Crippen molar-refractivity contribution in [3.63, 3.8) is 0 Å². The van der Waals surface area contributed by atoms with E-state index in [0.717, 1.165) is 71.2 Å². The van der Waals surface area contributed by atoms with Crippen molar-refractivity contribution in [2.75, 3.05) is 38.5 Å². The largest absolute Gasteiger partial charge is 0.365 e. The number of benzene rings is 1. The van der Waals surface area contributed by atoms with Crippen LogP contribution in [0, 0.1) is 0 Å². The molecule has 1 N–H and O–H groups in total. The first kappa shape index (κ1) is 25.5. The Bertz CT molecular complexity index is 1400. The first-order chi connectivity index (χ1) is 18.2. The van der Waals surface area contributed by atoms with Crippen LogP contribution in [0.4, 0.5) is 5.82 Å². The highest BCUT2D eigenvalue weighted by atomic mass is 16.2. The fourth-order valence-corrected chi connectivity index (χ4v) is 4.54. The normalized spacial score (nSPS) is 14.4. The van der Waals surface area contributed by atoms with Crippen molar-refractivity contribution < 1.29 is 4.79 Å². The highest BCUT2D eigenvalue weighted by Gasteiger charge is 2.20. The molecule has 1 aliphatic rings. The molecule has 1 amide bonds. The lowest BCUT2D eigenvalue weighted by Gasteiger charge is -2.32. The van der Waals surface area contributed by atoms with E-state index < -0.39 is 0 Å². The van der Waals surface area contributed by atoms with Gasteiger partial charge in [0.1, 0.15) is 5.82 Å². The van der Waals surface area contributed by atoms with E-state index in [1.807, 2.05) is 59.8 Å². The lowest BCUT2D eigenvalue weighted by Crippen LogP contribution is -2.47. The molecule has 4 heterocycles. The van der Waals surface area contributed by atoms with Gasteiger partial charge in [0.25, 0.3) is 5.91 Å². The van der Waals surface area contributed by atoms with Crippen LogP contribution in [0.1, 0.15) is 31.1 Å². The molecule has 0 atom stereocenters. The number of likely N-dealkylation sites (N-methyl/N-ethyl adjacent to an activating group) is 1. The smallest absolute Gasteiger partial charge is 0.253 e. The van der Waals surface area contributed by atoms with Crippen LogP contribution < -0.4 is 5.32 Å². The second kappa shape index (κ2) is 10.7. The molecule has 1 aliphatic heterocycles. The van der Waals surface area contributed by atoms with Gasteiger partial charge in [-0.15, -0.1) is 0 Å². The fourth-order valence-electron chi connectivity index (χ4n) is 4.54. The number of rotatable bonds is 5. The van der Waals surface area contributed by atoms with E-state index in [4.69, 9.17) is 4.98 Å². The van der Waals surface area contributed by atoms with E-state index >= 15 is 0 Å². The summed E-state index contributed by atoms with van der Waals surface area (Å²) in [5, 5.41) is 3.50. The Kier molecular flexibility index (Phi) is 7.20. The number of carbonyl (C=O) groups excluding carboxylic acids is 1. The number of carbonyl (C=O) groups is 1. The number of aromatic nitrogens is 3. The van der Waals surface area contributed by atoms with E-state index in [1.165, 1.54) is 0 Å². The monoisotopic (exact) mass is 506 g/mol. The molecular weight excluding hydrogens is 472 g/mol. The summed E-state index contributed by atoms with van der Waals surface area (Å²) in [7, 11) is 2.09. The number of hydrogen-bond acceptors (Lipinski definition) is 6. The van der Waals surface area contributed by atoms with Crippen LogP contribution in [0.3, 0.4) is 0 Å². The lowest BCUT2D eigenvalue weighted by atomic mass is 10.00. The van der Waals surface area contributed by atoms with E-state index in [2.05, 4.69) is 66.2 Å². The SMILES string of the molecule is CN1CCN(C(=O)c2ccc(-c3cncc(-c4cc(NC(C)(C)C)nc(-c5ccccn5)c4)c3)cc2)CC1. The average molecular weight is 507 g/mol. The summed E-state index contributed by atoms with van der Waals surface area (Å²) in [6.45, 7) is 9.69. The molecule has 4 aromatic rings. The van der Waals surface area contributed by atoms with Crippen molar-refractivity contribution in [3.05, 3.63) is 84.8 Å². The zero-order chi connectivity index (χ0) is 26.7. The van der Waals surface area contributed by atoms with Crippen molar-refractivity contribution in [1.82, 2.24) is 24.8 Å². The predicted octanol–water partition coefficient (Wildman–Crippen LogP) is 5.47. The Balaban J connectivity index is 1.44. The molecule has 1 fully saturated rings. The second-order valence-corrected chi connectivity index (χ2v) is 10.9. The molecule has 7 heteroatoms. The maximum absolute atomic E-state index is 13.0. The Labute approximate surface area is 224 Å². The van der Waals surface area contributed by atoms with Crippen LogP contribution in [0.15, 0.2) is 79.3 Å². The molecule has 3 aromatic heterocycles. The van der Waals surface area contributed by atoms with Gasteiger partial charge in [-0.25, -0.2) is 4.98 Å². The van der Waals surface area contributed by atoms with Crippen LogP contribution in [-0.4, -0.2) is 69.4 Å². The summed E-state index contributed by atoms with van der Waals surface area (Å²) < 4.78 is 0. The molecular formula is C31H34N6O. The molecule has 0 bridgehead atoms. The summed E-state index contributed by atoms with van der Waals surface area (Å²) in [6.07, 6.45) is 5.50. The van der Waals surface area contributed by atoms with Crippen molar-refractivity contribution in [1.29, 1.82) is 0 Å². The van der Waals surface area contributed by atoms with Gasteiger partial charge in [-0.05, 0) is 81.4 Å². The number of pyridine rings is 3. The molecule has 38 heavy (non-hydrogen) atoms. The first-order valence-corrected chi connectivity index (χ1v) is 13.0. The van der Waals surface area contributed by atoms with Crippen LogP contribution in [0.2, 0.25) is 0 Å². The highest BCUT2D eigenvalue weighted by molar-refractivity contribution is 5.95. The lowest BCUT2D eigenvalue weighted by molar-refractivity contribution is 0.0664. The Morgan fingerprint density at radius 1 is 0.816 bits per heavy atom. The standard InChI is InChI=1S/C31H34N6O/c1-31(2,3)35-29-19-24(18-28(34-29)27-7-5-6-12-33-27)26-17-25(20-32-21-26)22-8-10-23(11-9-22)30(38)37-15-13-36(4)14-16-37/h5-12,17-21H,13-16H2,1-4H3,(H,34,35). The van der Waals surface area contributed by atoms with Gasteiger partial charge in [0.05, 0.1) is 11.4 Å². The van der Waals surface area contributed by atoms with E-state index in [0.29, 0.717) is 0 Å². The van der Waals surface area contributed by atoms with E-state index in [-0.39, 0.29) is 11.4 Å². The highest BCUT2D eigenvalue weighted by Crippen LogP contribution is 2.30. The van der Waals surface area contributed by atoms with Gasteiger partial charge in [0.2, 0.25) is 0 Å². The zero-order valence-electron chi connectivity index (χ0n) is 22.5. The molecule has 5 rings (SSSR count). The van der Waals surface area contributed by atoms with Crippen LogP contribution in [-0.2, 0) is 0 Å². The van der Waals surface area contributed by atoms with Crippen molar-refractivity contribution in [2.45, 2.75) is 26.3 Å². The number of anilines is 1. The topological polar surface area (TPSA) is 74.2 Å². The van der Waals surface area contributed by atoms with Crippen molar-refractivity contribution in [2.24, 2.45) is 0 Å². The number of nitrogens with one attached hydrogen (secondary N) is 1. The quantitative estimate of drug-likeness (QED) is 0.387. The van der Waals surface area contributed by atoms with Crippen LogP contribution in [0.5, 0.6) is 0 Å². The third-order valence-corrected chi connectivity index (χ3v) is 6.58. The van der Waals surface area contributed by atoms with E-state index in [9.17, 15) is 4.79 Å². The second-order valence-electron chi connectivity index (χ2n) is 10.9. The third-order valence-electron chi connectivity index (χ3n) is 6.58. The molecule has 0 unspecified atom stereocenters. The molecule has 194 valence electrons. The van der Waals surface area contributed by atoms with Crippen LogP contribution >= 0.6 is 0 Å². The zero-order valence-corrected chi connectivity index (χ0v) is 22.5. The van der Waals surface area contributed by atoms with Gasteiger partial charge < -0.3 is 15.1 Å². The molecule has 0 aliphatic carbocycles. The molecule has 1 saturated heterocycles. The van der Waals surface area contributed by atoms with Gasteiger partial charge in [-0.1, -0.05) is 18.2 Å². The summed E-state index contributed by atoms with van der Waals surface area (Å²) in [4.78, 5) is 31.0. The minimum atomic E-state index is -0.142. The van der Waals surface area contributed by atoms with Crippen LogP contribution in [0.25, 0.3) is 33.6 Å². The average Bonchev–Trinajstić information content (AvgIpc) is 2.93. The fraction of sp³-hybridized carbons (Fsp3) is 0.290. The number of nitrogens with zero attached hydrogens (tertiary/aromatic N) is 5. The molecule has 7 nitrogen and oxygen atoms in total. The number of piperazine rings is 1. The third kappa shape index (κ3) is 6.06. The Hall–Kier alpha value is -4.10.